The predicted molar refractivity (Wildman–Crippen MR) is 68.5 cm³/mol. The van der Waals surface area contributed by atoms with Crippen LogP contribution in [0.4, 0.5) is 13.2 Å². The maximum absolute atomic E-state index is 12.1. The molecule has 0 radical (unpaired) electrons. The molecule has 0 N–H and O–H groups in total. The quantitative estimate of drug-likeness (QED) is 0.724. The van der Waals surface area contributed by atoms with E-state index in [4.69, 9.17) is 11.6 Å². The SMILES string of the molecule is FC(F)(F)OC1=CCC(=c2ccc3[n+](c2)C(Cl)=NN=3)C=C1. The Labute approximate surface area is 121 Å². The van der Waals surface area contributed by atoms with E-state index in [1.165, 1.54) is 12.2 Å². The second kappa shape index (κ2) is 5.00. The molecule has 0 unspecified atom stereocenters. The maximum atomic E-state index is 12.1. The van der Waals surface area contributed by atoms with Crippen molar-refractivity contribution in [1.82, 2.24) is 0 Å². The molecule has 0 amide bonds. The Hall–Kier alpha value is -2.15. The van der Waals surface area contributed by atoms with Gasteiger partial charge in [-0.2, -0.15) is 4.57 Å². The van der Waals surface area contributed by atoms with E-state index >= 15 is 0 Å². The number of fused-ring (bicyclic) bond motifs is 1. The maximum Gasteiger partial charge on any atom is 0.573 e. The summed E-state index contributed by atoms with van der Waals surface area (Å²) in [7, 11) is 0. The minimum Gasteiger partial charge on any atom is -0.406 e. The summed E-state index contributed by atoms with van der Waals surface area (Å²) in [6.07, 6.45) is 1.63. The summed E-state index contributed by atoms with van der Waals surface area (Å²) in [5.41, 5.74) is 1.44. The van der Waals surface area contributed by atoms with Crippen molar-refractivity contribution in [3.05, 3.63) is 53.0 Å². The van der Waals surface area contributed by atoms with E-state index in [-0.39, 0.29) is 11.1 Å². The first-order valence-electron chi connectivity index (χ1n) is 5.93. The number of allylic oxidation sites excluding steroid dienone is 3. The molecule has 0 saturated carbocycles. The summed E-state index contributed by atoms with van der Waals surface area (Å²) in [4.78, 5) is 0. The molecule has 0 fully saturated rings. The standard InChI is InChI=1S/C13H8ClF3N3O/c14-12-19-18-11-6-3-9(7-20(11)12)8-1-4-10(5-2-8)21-13(15,16)17/h1,3-7H,2H2/q+1. The predicted octanol–water partition coefficient (Wildman–Crippen LogP) is 1.50. The highest BCUT2D eigenvalue weighted by molar-refractivity contribution is 6.61. The first kappa shape index (κ1) is 13.8. The van der Waals surface area contributed by atoms with E-state index in [0.717, 1.165) is 10.8 Å². The Morgan fingerprint density at radius 2 is 2.00 bits per heavy atom. The average molecular weight is 315 g/mol. The lowest BCUT2D eigenvalue weighted by molar-refractivity contribution is -0.565. The van der Waals surface area contributed by atoms with Crippen molar-refractivity contribution in [3.8, 4) is 0 Å². The Morgan fingerprint density at radius 1 is 1.19 bits per heavy atom. The molecule has 1 aromatic heterocycles. The normalized spacial score (nSPS) is 19.6. The van der Waals surface area contributed by atoms with Gasteiger partial charge in [0.1, 0.15) is 10.9 Å². The molecule has 0 saturated heterocycles. The van der Waals surface area contributed by atoms with Crippen molar-refractivity contribution in [1.29, 1.82) is 0 Å². The molecule has 0 spiro atoms. The lowest BCUT2D eigenvalue weighted by Crippen LogP contribution is -2.53. The van der Waals surface area contributed by atoms with Crippen molar-refractivity contribution in [2.45, 2.75) is 12.8 Å². The van der Waals surface area contributed by atoms with Gasteiger partial charge in [0.15, 0.2) is 0 Å². The molecule has 21 heavy (non-hydrogen) atoms. The number of halogens is 4. The molecule has 108 valence electrons. The molecule has 1 aliphatic heterocycles. The second-order valence-electron chi connectivity index (χ2n) is 4.33. The molecular formula is C13H8ClF3N3O+. The summed E-state index contributed by atoms with van der Waals surface area (Å²) < 4.78 is 41.8. The highest BCUT2D eigenvalue weighted by atomic mass is 35.5. The molecule has 8 heteroatoms. The van der Waals surface area contributed by atoms with Gasteiger partial charge in [0.05, 0.1) is 11.3 Å². The number of hydrogen-bond acceptors (Lipinski definition) is 3. The van der Waals surface area contributed by atoms with Crippen LogP contribution in [0.5, 0.6) is 0 Å². The summed E-state index contributed by atoms with van der Waals surface area (Å²) in [6.45, 7) is 0. The van der Waals surface area contributed by atoms with Gasteiger partial charge in [-0.3, -0.25) is 0 Å². The molecule has 0 atom stereocenters. The zero-order chi connectivity index (χ0) is 15.0. The fourth-order valence-electron chi connectivity index (χ4n) is 2.01. The van der Waals surface area contributed by atoms with Gasteiger partial charge in [0.25, 0.3) is 0 Å². The molecule has 0 bridgehead atoms. The van der Waals surface area contributed by atoms with Crippen LogP contribution in [0.25, 0.3) is 5.57 Å². The highest BCUT2D eigenvalue weighted by Crippen LogP contribution is 2.25. The zero-order valence-electron chi connectivity index (χ0n) is 10.4. The van der Waals surface area contributed by atoms with Gasteiger partial charge in [0, 0.05) is 11.3 Å². The van der Waals surface area contributed by atoms with Crippen molar-refractivity contribution >= 4 is 22.5 Å². The lowest BCUT2D eigenvalue weighted by atomic mass is 10.0. The average Bonchev–Trinajstić information content (AvgIpc) is 2.79. The van der Waals surface area contributed by atoms with Crippen LogP contribution >= 0.6 is 11.6 Å². The van der Waals surface area contributed by atoms with Crippen LogP contribution in [0, 0.1) is 0 Å². The first-order chi connectivity index (χ1) is 9.92. The Bertz CT molecular complexity index is 809. The number of pyridine rings is 1. The summed E-state index contributed by atoms with van der Waals surface area (Å²) in [6, 6.07) is 3.55. The van der Waals surface area contributed by atoms with E-state index in [9.17, 15) is 13.2 Å². The van der Waals surface area contributed by atoms with Gasteiger partial charge in [-0.05, 0) is 41.8 Å². The molecule has 1 aromatic rings. The molecule has 0 aromatic carbocycles. The number of aromatic nitrogens is 1. The van der Waals surface area contributed by atoms with Crippen LogP contribution in [0.1, 0.15) is 6.42 Å². The number of hydrogen-bond donors (Lipinski definition) is 0. The van der Waals surface area contributed by atoms with Gasteiger partial charge < -0.3 is 4.74 Å². The molecule has 2 aliphatic rings. The van der Waals surface area contributed by atoms with E-state index in [1.807, 2.05) is 6.07 Å². The minimum atomic E-state index is -4.68. The third-order valence-corrected chi connectivity index (χ3v) is 3.19. The number of rotatable bonds is 1. The third kappa shape index (κ3) is 2.97. The second-order valence-corrected chi connectivity index (χ2v) is 4.67. The number of nitrogens with zero attached hydrogens (tertiary/aromatic N) is 3. The minimum absolute atomic E-state index is 0.213. The van der Waals surface area contributed by atoms with Gasteiger partial charge in [0.2, 0.25) is 0 Å². The Kier molecular flexibility index (Phi) is 3.29. The van der Waals surface area contributed by atoms with Crippen LogP contribution in [0.15, 0.2) is 52.5 Å². The van der Waals surface area contributed by atoms with Gasteiger partial charge in [-0.15, -0.1) is 13.2 Å². The van der Waals surface area contributed by atoms with Gasteiger partial charge in [-0.25, -0.2) is 0 Å². The van der Waals surface area contributed by atoms with E-state index in [0.29, 0.717) is 11.9 Å². The Balaban J connectivity index is 1.91. The fourth-order valence-corrected chi connectivity index (χ4v) is 2.18. The van der Waals surface area contributed by atoms with E-state index in [2.05, 4.69) is 14.9 Å². The van der Waals surface area contributed by atoms with Crippen molar-refractivity contribution < 1.29 is 22.5 Å². The molecule has 4 nitrogen and oxygen atoms in total. The van der Waals surface area contributed by atoms with Crippen LogP contribution in [0.2, 0.25) is 0 Å². The van der Waals surface area contributed by atoms with Gasteiger partial charge >= 0.3 is 17.1 Å². The molecule has 1 aliphatic carbocycles. The largest absolute Gasteiger partial charge is 0.573 e. The first-order valence-corrected chi connectivity index (χ1v) is 6.31. The number of alkyl halides is 3. The highest BCUT2D eigenvalue weighted by Gasteiger charge is 2.31. The number of ether oxygens (including phenoxy) is 1. The Morgan fingerprint density at radius 3 is 2.67 bits per heavy atom. The van der Waals surface area contributed by atoms with Crippen molar-refractivity contribution in [2.24, 2.45) is 10.2 Å². The van der Waals surface area contributed by atoms with Crippen LogP contribution < -0.4 is 15.3 Å². The topological polar surface area (TPSA) is 37.8 Å². The van der Waals surface area contributed by atoms with E-state index in [1.54, 1.807) is 22.9 Å². The van der Waals surface area contributed by atoms with Gasteiger partial charge in [-0.1, -0.05) is 6.08 Å². The molecular weight excluding hydrogens is 307 g/mol. The van der Waals surface area contributed by atoms with Crippen LogP contribution in [-0.4, -0.2) is 11.7 Å². The van der Waals surface area contributed by atoms with Crippen molar-refractivity contribution in [3.63, 3.8) is 0 Å². The lowest BCUT2D eigenvalue weighted by Gasteiger charge is -2.13. The van der Waals surface area contributed by atoms with Crippen LogP contribution in [0.3, 0.4) is 0 Å². The fraction of sp³-hybridized carbons (Fsp3) is 0.154. The zero-order valence-corrected chi connectivity index (χ0v) is 11.2. The van der Waals surface area contributed by atoms with Crippen molar-refractivity contribution in [2.75, 3.05) is 0 Å². The van der Waals surface area contributed by atoms with E-state index < -0.39 is 6.36 Å². The summed E-state index contributed by atoms with van der Waals surface area (Å²) in [5, 5.41) is 8.63. The molecule has 3 rings (SSSR count). The smallest absolute Gasteiger partial charge is 0.406 e. The third-order valence-electron chi connectivity index (χ3n) is 2.94. The summed E-state index contributed by atoms with van der Waals surface area (Å²) >= 11 is 5.88. The monoisotopic (exact) mass is 314 g/mol. The summed E-state index contributed by atoms with van der Waals surface area (Å²) in [5.74, 6) is -0.213. The molecule has 2 heterocycles. The van der Waals surface area contributed by atoms with Crippen LogP contribution in [-0.2, 0) is 4.74 Å².